The average Bonchev–Trinajstić information content (AvgIpc) is 2.60. The third kappa shape index (κ3) is 13.8. The van der Waals surface area contributed by atoms with Gasteiger partial charge in [0.05, 0.1) is 12.7 Å². The lowest BCUT2D eigenvalue weighted by molar-refractivity contribution is 0.00852. The van der Waals surface area contributed by atoms with E-state index in [1.807, 2.05) is 0 Å². The van der Waals surface area contributed by atoms with Crippen molar-refractivity contribution in [3.63, 3.8) is 0 Å². The van der Waals surface area contributed by atoms with Crippen molar-refractivity contribution in [2.45, 2.75) is 103 Å². The van der Waals surface area contributed by atoms with Crippen molar-refractivity contribution in [2.24, 2.45) is 5.92 Å². The summed E-state index contributed by atoms with van der Waals surface area (Å²) in [6.45, 7) is 1.72. The second kappa shape index (κ2) is 17.2. The van der Waals surface area contributed by atoms with E-state index >= 15 is 0 Å². The first-order valence-electron chi connectivity index (χ1n) is 10.4. The Balaban J connectivity index is 2.14. The molecular formula is C20H39N3O. The van der Waals surface area contributed by atoms with Crippen LogP contribution in [-0.4, -0.2) is 13.2 Å². The molecule has 1 unspecified atom stereocenters. The zero-order chi connectivity index (χ0) is 17.1. The molecule has 0 aromatic carbocycles. The molecule has 1 atom stereocenters. The summed E-state index contributed by atoms with van der Waals surface area (Å²) in [5.74, 6) is 0.275. The van der Waals surface area contributed by atoms with Crippen LogP contribution in [-0.2, 0) is 4.84 Å². The van der Waals surface area contributed by atoms with E-state index in [4.69, 9.17) is 4.84 Å². The first-order valence-corrected chi connectivity index (χ1v) is 10.4. The van der Waals surface area contributed by atoms with E-state index < -0.39 is 0 Å². The molecule has 0 amide bonds. The van der Waals surface area contributed by atoms with E-state index in [9.17, 15) is 5.26 Å². The van der Waals surface area contributed by atoms with Gasteiger partial charge in [0.15, 0.2) is 0 Å². The maximum absolute atomic E-state index is 9.27. The molecule has 4 heteroatoms. The minimum Gasteiger partial charge on any atom is -0.287 e. The van der Waals surface area contributed by atoms with Gasteiger partial charge < -0.3 is 0 Å². The van der Waals surface area contributed by atoms with E-state index in [-0.39, 0.29) is 5.92 Å². The van der Waals surface area contributed by atoms with Crippen LogP contribution < -0.4 is 11.0 Å². The molecule has 2 N–H and O–H groups in total. The number of hydrazine groups is 1. The van der Waals surface area contributed by atoms with E-state index in [0.717, 1.165) is 38.8 Å². The third-order valence-electron chi connectivity index (χ3n) is 4.98. The van der Waals surface area contributed by atoms with Crippen LogP contribution in [0.5, 0.6) is 0 Å². The lowest BCUT2D eigenvalue weighted by Crippen LogP contribution is -2.32. The largest absolute Gasteiger partial charge is 0.287 e. The number of nitriles is 1. The molecule has 1 rings (SSSR count). The van der Waals surface area contributed by atoms with Crippen LogP contribution in [0.1, 0.15) is 103 Å². The highest BCUT2D eigenvalue weighted by molar-refractivity contribution is 4.82. The average molecular weight is 338 g/mol. The molecule has 1 heterocycles. The molecule has 0 aromatic rings. The Morgan fingerprint density at radius 3 is 1.75 bits per heavy atom. The zero-order valence-electron chi connectivity index (χ0n) is 15.7. The summed E-state index contributed by atoms with van der Waals surface area (Å²) >= 11 is 0. The van der Waals surface area contributed by atoms with Gasteiger partial charge in [0, 0.05) is 12.5 Å². The molecular weight excluding hydrogens is 298 g/mol. The van der Waals surface area contributed by atoms with Gasteiger partial charge in [-0.1, -0.05) is 77.0 Å². The SMILES string of the molecule is N#CC1CCCCCCCCCCCCCONNCCCCC1. The molecule has 1 aliphatic rings. The van der Waals surface area contributed by atoms with Gasteiger partial charge in [0.1, 0.15) is 0 Å². The molecule has 0 bridgehead atoms. The molecule has 0 aliphatic carbocycles. The summed E-state index contributed by atoms with van der Waals surface area (Å²) in [4.78, 5) is 5.38. The minimum absolute atomic E-state index is 0.275. The van der Waals surface area contributed by atoms with Crippen molar-refractivity contribution in [2.75, 3.05) is 13.2 Å². The molecule has 1 fully saturated rings. The van der Waals surface area contributed by atoms with Crippen LogP contribution in [0.25, 0.3) is 0 Å². The highest BCUT2D eigenvalue weighted by atomic mass is 16.7. The fourth-order valence-corrected chi connectivity index (χ4v) is 3.36. The Morgan fingerprint density at radius 2 is 1.17 bits per heavy atom. The highest BCUT2D eigenvalue weighted by Gasteiger charge is 2.06. The van der Waals surface area contributed by atoms with E-state index in [0.29, 0.717) is 0 Å². The first-order chi connectivity index (χ1) is 11.9. The van der Waals surface area contributed by atoms with Gasteiger partial charge in [-0.25, -0.2) is 5.43 Å². The molecule has 1 saturated heterocycles. The number of nitrogens with zero attached hydrogens (tertiary/aromatic N) is 1. The van der Waals surface area contributed by atoms with Gasteiger partial charge in [0.2, 0.25) is 0 Å². The van der Waals surface area contributed by atoms with E-state index in [1.165, 1.54) is 77.0 Å². The summed E-state index contributed by atoms with van der Waals surface area (Å²) in [6, 6.07) is 2.50. The fourth-order valence-electron chi connectivity index (χ4n) is 3.36. The lowest BCUT2D eigenvalue weighted by atomic mass is 9.95. The smallest absolute Gasteiger partial charge is 0.0698 e. The summed E-state index contributed by atoms with van der Waals surface area (Å²) in [5.41, 5.74) is 5.95. The molecule has 24 heavy (non-hydrogen) atoms. The van der Waals surface area contributed by atoms with Crippen molar-refractivity contribution in [3.05, 3.63) is 0 Å². The Morgan fingerprint density at radius 1 is 0.667 bits per heavy atom. The topological polar surface area (TPSA) is 57.1 Å². The Hall–Kier alpha value is -0.630. The minimum atomic E-state index is 0.275. The Kier molecular flexibility index (Phi) is 15.3. The molecule has 0 radical (unpaired) electrons. The van der Waals surface area contributed by atoms with E-state index in [1.54, 1.807) is 0 Å². The van der Waals surface area contributed by atoms with Crippen LogP contribution in [0.3, 0.4) is 0 Å². The summed E-state index contributed by atoms with van der Waals surface area (Å²) in [6.07, 6.45) is 20.2. The van der Waals surface area contributed by atoms with Gasteiger partial charge in [-0.2, -0.15) is 5.26 Å². The fraction of sp³-hybridized carbons (Fsp3) is 0.950. The zero-order valence-corrected chi connectivity index (χ0v) is 15.7. The number of rotatable bonds is 0. The third-order valence-corrected chi connectivity index (χ3v) is 4.98. The van der Waals surface area contributed by atoms with Crippen molar-refractivity contribution in [3.8, 4) is 6.07 Å². The van der Waals surface area contributed by atoms with Gasteiger partial charge in [-0.15, -0.1) is 5.59 Å². The predicted octanol–water partition coefficient (Wildman–Crippen LogP) is 5.41. The van der Waals surface area contributed by atoms with Crippen molar-refractivity contribution in [1.29, 1.82) is 5.26 Å². The molecule has 4 nitrogen and oxygen atoms in total. The normalized spacial score (nSPS) is 25.7. The van der Waals surface area contributed by atoms with Crippen molar-refractivity contribution in [1.82, 2.24) is 11.0 Å². The van der Waals surface area contributed by atoms with Crippen LogP contribution >= 0.6 is 0 Å². The maximum Gasteiger partial charge on any atom is 0.0698 e. The van der Waals surface area contributed by atoms with Crippen molar-refractivity contribution < 1.29 is 4.84 Å². The molecule has 0 aromatic heterocycles. The molecule has 0 saturated carbocycles. The lowest BCUT2D eigenvalue weighted by Gasteiger charge is -2.10. The number of hydrogen-bond acceptors (Lipinski definition) is 4. The van der Waals surface area contributed by atoms with Gasteiger partial charge in [-0.3, -0.25) is 4.84 Å². The summed E-state index contributed by atoms with van der Waals surface area (Å²) in [7, 11) is 0. The predicted molar refractivity (Wildman–Crippen MR) is 100 cm³/mol. The number of nitrogens with one attached hydrogen (secondary N) is 2. The van der Waals surface area contributed by atoms with Gasteiger partial charge in [-0.05, 0) is 25.7 Å². The maximum atomic E-state index is 9.27. The van der Waals surface area contributed by atoms with Crippen LogP contribution in [0.2, 0.25) is 0 Å². The second-order valence-corrected chi connectivity index (χ2v) is 7.23. The molecule has 140 valence electrons. The van der Waals surface area contributed by atoms with E-state index in [2.05, 4.69) is 17.1 Å². The monoisotopic (exact) mass is 337 g/mol. The first kappa shape index (κ1) is 21.4. The Labute approximate surface area is 149 Å². The van der Waals surface area contributed by atoms with Crippen LogP contribution in [0.4, 0.5) is 0 Å². The second-order valence-electron chi connectivity index (χ2n) is 7.23. The van der Waals surface area contributed by atoms with Crippen molar-refractivity contribution >= 4 is 0 Å². The highest BCUT2D eigenvalue weighted by Crippen LogP contribution is 2.18. The Bertz CT molecular complexity index is 282. The summed E-state index contributed by atoms with van der Waals surface area (Å²) < 4.78 is 0. The van der Waals surface area contributed by atoms with Gasteiger partial charge >= 0.3 is 0 Å². The quantitative estimate of drug-likeness (QED) is 0.621. The summed E-state index contributed by atoms with van der Waals surface area (Å²) in [5, 5.41) is 9.27. The molecule has 1 aliphatic heterocycles. The van der Waals surface area contributed by atoms with Crippen LogP contribution in [0.15, 0.2) is 0 Å². The number of hydrogen-bond donors (Lipinski definition) is 2. The van der Waals surface area contributed by atoms with Gasteiger partial charge in [0.25, 0.3) is 0 Å². The standard InChI is InChI=1S/C20H39N3O/c21-19-20-15-11-8-6-4-2-1-3-5-7-9-14-18-24-23-22-17-13-10-12-16-20/h20,22-23H,1-18H2. The molecule has 0 spiro atoms. The van der Waals surface area contributed by atoms with Crippen LogP contribution in [0, 0.1) is 17.2 Å².